The fourth-order valence-electron chi connectivity index (χ4n) is 2.45. The first-order valence-corrected chi connectivity index (χ1v) is 7.60. The van der Waals surface area contributed by atoms with Crippen molar-refractivity contribution in [3.8, 4) is 6.01 Å². The molecule has 1 aliphatic heterocycles. The van der Waals surface area contributed by atoms with Gasteiger partial charge in [-0.05, 0) is 31.4 Å². The van der Waals surface area contributed by atoms with Crippen LogP contribution in [0.4, 0.5) is 11.9 Å². The second kappa shape index (κ2) is 7.02. The summed E-state index contributed by atoms with van der Waals surface area (Å²) < 4.78 is 5.61. The van der Waals surface area contributed by atoms with Crippen molar-refractivity contribution in [2.24, 2.45) is 0 Å². The van der Waals surface area contributed by atoms with E-state index >= 15 is 0 Å². The smallest absolute Gasteiger partial charge is 0.323 e. The Labute approximate surface area is 129 Å². The molecule has 2 aromatic rings. The fourth-order valence-corrected chi connectivity index (χ4v) is 2.45. The minimum atomic E-state index is 0.198. The van der Waals surface area contributed by atoms with Crippen LogP contribution in [0.3, 0.4) is 0 Å². The molecule has 7 nitrogen and oxygen atoms in total. The molecule has 0 radical (unpaired) electrons. The van der Waals surface area contributed by atoms with E-state index in [-0.39, 0.29) is 12.0 Å². The topological polar surface area (TPSA) is 90.0 Å². The van der Waals surface area contributed by atoms with E-state index in [0.29, 0.717) is 19.0 Å². The Hall–Kier alpha value is -2.44. The van der Waals surface area contributed by atoms with Gasteiger partial charge in [-0.15, -0.1) is 0 Å². The lowest BCUT2D eigenvalue weighted by molar-refractivity contribution is 0.294. The lowest BCUT2D eigenvalue weighted by Gasteiger charge is -2.26. The van der Waals surface area contributed by atoms with Crippen molar-refractivity contribution in [3.05, 3.63) is 30.1 Å². The van der Waals surface area contributed by atoms with Gasteiger partial charge in [0.15, 0.2) is 0 Å². The quantitative estimate of drug-likeness (QED) is 0.894. The van der Waals surface area contributed by atoms with E-state index in [2.05, 4.69) is 24.8 Å². The highest BCUT2D eigenvalue weighted by Gasteiger charge is 2.16. The minimum absolute atomic E-state index is 0.198. The molecule has 0 aliphatic carbocycles. The maximum Gasteiger partial charge on any atom is 0.323 e. The van der Waals surface area contributed by atoms with Gasteiger partial charge in [0.05, 0.1) is 6.61 Å². The number of aromatic nitrogens is 4. The Kier molecular flexibility index (Phi) is 4.62. The van der Waals surface area contributed by atoms with Gasteiger partial charge >= 0.3 is 6.01 Å². The molecule has 3 heterocycles. The van der Waals surface area contributed by atoms with Crippen LogP contribution in [-0.2, 0) is 6.42 Å². The van der Waals surface area contributed by atoms with Crippen molar-refractivity contribution in [3.63, 3.8) is 0 Å². The van der Waals surface area contributed by atoms with Gasteiger partial charge in [0, 0.05) is 31.4 Å². The van der Waals surface area contributed by atoms with Gasteiger partial charge < -0.3 is 15.4 Å². The summed E-state index contributed by atoms with van der Waals surface area (Å²) in [5, 5.41) is 0. The van der Waals surface area contributed by atoms with E-state index in [1.165, 1.54) is 6.42 Å². The van der Waals surface area contributed by atoms with E-state index in [1.807, 2.05) is 18.2 Å². The molecule has 0 bridgehead atoms. The van der Waals surface area contributed by atoms with Crippen LogP contribution in [-0.4, -0.2) is 39.6 Å². The number of hydrogen-bond donors (Lipinski definition) is 1. The van der Waals surface area contributed by atoms with Crippen LogP contribution in [0.2, 0.25) is 0 Å². The van der Waals surface area contributed by atoms with Crippen LogP contribution in [0, 0.1) is 0 Å². The van der Waals surface area contributed by atoms with Crippen molar-refractivity contribution in [2.75, 3.05) is 30.3 Å². The van der Waals surface area contributed by atoms with Gasteiger partial charge in [-0.2, -0.15) is 15.0 Å². The first-order chi connectivity index (χ1) is 10.8. The zero-order valence-electron chi connectivity index (χ0n) is 12.5. The summed E-state index contributed by atoms with van der Waals surface area (Å²) >= 11 is 0. The molecule has 22 heavy (non-hydrogen) atoms. The molecule has 2 aromatic heterocycles. The summed E-state index contributed by atoms with van der Waals surface area (Å²) in [5.74, 6) is 0.809. The van der Waals surface area contributed by atoms with Crippen molar-refractivity contribution in [1.29, 1.82) is 0 Å². The van der Waals surface area contributed by atoms with Crippen molar-refractivity contribution < 1.29 is 4.74 Å². The van der Waals surface area contributed by atoms with E-state index in [9.17, 15) is 0 Å². The van der Waals surface area contributed by atoms with E-state index in [4.69, 9.17) is 10.5 Å². The zero-order valence-corrected chi connectivity index (χ0v) is 12.5. The normalized spacial score (nSPS) is 14.8. The highest BCUT2D eigenvalue weighted by Crippen LogP contribution is 2.18. The molecule has 0 aromatic carbocycles. The molecule has 0 unspecified atom stereocenters. The van der Waals surface area contributed by atoms with Crippen LogP contribution < -0.4 is 15.4 Å². The molecule has 3 rings (SSSR count). The first kappa shape index (κ1) is 14.5. The summed E-state index contributed by atoms with van der Waals surface area (Å²) in [4.78, 5) is 19.0. The Morgan fingerprint density at radius 1 is 1.09 bits per heavy atom. The second-order valence-corrected chi connectivity index (χ2v) is 5.24. The van der Waals surface area contributed by atoms with Crippen LogP contribution in [0.1, 0.15) is 25.0 Å². The summed E-state index contributed by atoms with van der Waals surface area (Å²) in [6, 6.07) is 6.09. The predicted octanol–water partition coefficient (Wildman–Crippen LogP) is 1.46. The molecule has 0 saturated carbocycles. The van der Waals surface area contributed by atoms with E-state index < -0.39 is 0 Å². The van der Waals surface area contributed by atoms with Gasteiger partial charge in [0.1, 0.15) is 0 Å². The van der Waals surface area contributed by atoms with Crippen LogP contribution >= 0.6 is 0 Å². The average molecular weight is 300 g/mol. The summed E-state index contributed by atoms with van der Waals surface area (Å²) in [6.45, 7) is 2.37. The van der Waals surface area contributed by atoms with Crippen molar-refractivity contribution in [1.82, 2.24) is 19.9 Å². The van der Waals surface area contributed by atoms with Crippen LogP contribution in [0.15, 0.2) is 24.4 Å². The molecular weight excluding hydrogens is 280 g/mol. The molecule has 1 fully saturated rings. The molecule has 1 aliphatic rings. The van der Waals surface area contributed by atoms with Crippen LogP contribution in [0.5, 0.6) is 6.01 Å². The standard InChI is InChI=1S/C15H20N6O/c16-13-18-14(21-9-4-1-5-10-21)20-15(19-13)22-11-7-12-6-2-3-8-17-12/h2-3,6,8H,1,4-5,7,9-11H2,(H2,16,18,19,20). The Bertz CT molecular complexity index is 600. The molecule has 7 heteroatoms. The molecular formula is C15H20N6O. The summed E-state index contributed by atoms with van der Waals surface area (Å²) in [5.41, 5.74) is 6.74. The van der Waals surface area contributed by atoms with Crippen LogP contribution in [0.25, 0.3) is 0 Å². The van der Waals surface area contributed by atoms with Crippen molar-refractivity contribution in [2.45, 2.75) is 25.7 Å². The van der Waals surface area contributed by atoms with Gasteiger partial charge in [-0.25, -0.2) is 0 Å². The molecule has 0 atom stereocenters. The molecule has 0 amide bonds. The fraction of sp³-hybridized carbons (Fsp3) is 0.467. The van der Waals surface area contributed by atoms with E-state index in [1.54, 1.807) is 6.20 Å². The largest absolute Gasteiger partial charge is 0.463 e. The Morgan fingerprint density at radius 2 is 1.95 bits per heavy atom. The molecule has 0 spiro atoms. The second-order valence-electron chi connectivity index (χ2n) is 5.24. The minimum Gasteiger partial charge on any atom is -0.463 e. The third-order valence-electron chi connectivity index (χ3n) is 3.57. The Morgan fingerprint density at radius 3 is 2.73 bits per heavy atom. The first-order valence-electron chi connectivity index (χ1n) is 7.60. The Balaban J connectivity index is 1.62. The maximum absolute atomic E-state index is 5.77. The highest BCUT2D eigenvalue weighted by molar-refractivity contribution is 5.36. The maximum atomic E-state index is 5.77. The average Bonchev–Trinajstić information content (AvgIpc) is 2.56. The third-order valence-corrected chi connectivity index (χ3v) is 3.57. The number of ether oxygens (including phenoxy) is 1. The molecule has 116 valence electrons. The SMILES string of the molecule is Nc1nc(OCCc2ccccn2)nc(N2CCCCC2)n1. The number of rotatable bonds is 5. The lowest BCUT2D eigenvalue weighted by Crippen LogP contribution is -2.31. The number of nitrogens with two attached hydrogens (primary N) is 1. The number of nitrogens with zero attached hydrogens (tertiary/aromatic N) is 5. The number of anilines is 2. The lowest BCUT2D eigenvalue weighted by atomic mass is 10.1. The van der Waals surface area contributed by atoms with Gasteiger partial charge in [0.2, 0.25) is 11.9 Å². The predicted molar refractivity (Wildman–Crippen MR) is 83.7 cm³/mol. The number of hydrogen-bond acceptors (Lipinski definition) is 7. The monoisotopic (exact) mass is 300 g/mol. The number of nitrogen functional groups attached to an aromatic ring is 1. The third kappa shape index (κ3) is 3.81. The molecule has 1 saturated heterocycles. The van der Waals surface area contributed by atoms with Gasteiger partial charge in [-0.3, -0.25) is 4.98 Å². The van der Waals surface area contributed by atoms with Gasteiger partial charge in [0.25, 0.3) is 0 Å². The van der Waals surface area contributed by atoms with Crippen molar-refractivity contribution >= 4 is 11.9 Å². The van der Waals surface area contributed by atoms with E-state index in [0.717, 1.165) is 31.6 Å². The summed E-state index contributed by atoms with van der Waals surface area (Å²) in [6.07, 6.45) is 6.03. The summed E-state index contributed by atoms with van der Waals surface area (Å²) in [7, 11) is 0. The number of piperidine rings is 1. The highest BCUT2D eigenvalue weighted by atomic mass is 16.5. The molecule has 2 N–H and O–H groups in total. The number of pyridine rings is 1. The zero-order chi connectivity index (χ0) is 15.2. The van der Waals surface area contributed by atoms with Gasteiger partial charge in [-0.1, -0.05) is 6.07 Å².